The molecule has 0 N–H and O–H groups in total. The minimum Gasteiger partial charge on any atom is -0.632 e. The molecule has 4 heteroatoms. The zero-order valence-corrected chi connectivity index (χ0v) is 15.7. The number of hydroxylamine groups is 3. The SMILES string of the molecule is C[C@H]1[C@H]2OC(C)(C)O[C@H]2[C@@H](Cc2ccccc2)[N+]1([O-])Cc1ccccc1. The maximum atomic E-state index is 14.1. The van der Waals surface area contributed by atoms with Gasteiger partial charge in [-0.1, -0.05) is 60.7 Å². The van der Waals surface area contributed by atoms with Gasteiger partial charge in [0.05, 0.1) is 0 Å². The lowest BCUT2D eigenvalue weighted by atomic mass is 10.0. The monoisotopic (exact) mass is 353 g/mol. The van der Waals surface area contributed by atoms with E-state index in [1.54, 1.807) is 0 Å². The van der Waals surface area contributed by atoms with Crippen molar-refractivity contribution in [3.8, 4) is 0 Å². The highest BCUT2D eigenvalue weighted by molar-refractivity contribution is 5.18. The van der Waals surface area contributed by atoms with Crippen LogP contribution in [0.5, 0.6) is 0 Å². The van der Waals surface area contributed by atoms with Crippen LogP contribution < -0.4 is 0 Å². The van der Waals surface area contributed by atoms with Gasteiger partial charge < -0.3 is 19.3 Å². The van der Waals surface area contributed by atoms with Crippen LogP contribution >= 0.6 is 0 Å². The predicted molar refractivity (Wildman–Crippen MR) is 101 cm³/mol. The number of ether oxygens (including phenoxy) is 2. The molecule has 0 aliphatic carbocycles. The Bertz CT molecular complexity index is 748. The van der Waals surface area contributed by atoms with Gasteiger partial charge in [0.15, 0.2) is 5.79 Å². The van der Waals surface area contributed by atoms with E-state index in [0.717, 1.165) is 5.56 Å². The number of nitrogens with zero attached hydrogens (tertiary/aromatic N) is 1. The van der Waals surface area contributed by atoms with E-state index in [4.69, 9.17) is 9.47 Å². The van der Waals surface area contributed by atoms with E-state index in [-0.39, 0.29) is 28.9 Å². The topological polar surface area (TPSA) is 41.5 Å². The summed E-state index contributed by atoms with van der Waals surface area (Å²) < 4.78 is 12.1. The number of likely N-dealkylation sites (tertiary alicyclic amines) is 1. The van der Waals surface area contributed by atoms with Crippen molar-refractivity contribution < 1.29 is 14.1 Å². The maximum absolute atomic E-state index is 14.1. The first-order valence-electron chi connectivity index (χ1n) is 9.41. The molecule has 0 radical (unpaired) electrons. The Morgan fingerprint density at radius 3 is 2.04 bits per heavy atom. The van der Waals surface area contributed by atoms with Crippen molar-refractivity contribution in [1.29, 1.82) is 0 Å². The van der Waals surface area contributed by atoms with E-state index in [2.05, 4.69) is 12.1 Å². The highest BCUT2D eigenvalue weighted by Gasteiger charge is 2.62. The summed E-state index contributed by atoms with van der Waals surface area (Å²) in [7, 11) is 0. The van der Waals surface area contributed by atoms with Crippen LogP contribution in [0.15, 0.2) is 60.7 Å². The maximum Gasteiger partial charge on any atom is 0.164 e. The van der Waals surface area contributed by atoms with Crippen LogP contribution in [0.1, 0.15) is 31.9 Å². The summed E-state index contributed by atoms with van der Waals surface area (Å²) in [4.78, 5) is 0. The lowest BCUT2D eigenvalue weighted by molar-refractivity contribution is -0.930. The zero-order valence-electron chi connectivity index (χ0n) is 15.7. The van der Waals surface area contributed by atoms with E-state index in [1.807, 2.05) is 69.3 Å². The number of hydrogen-bond donors (Lipinski definition) is 0. The van der Waals surface area contributed by atoms with Crippen LogP contribution in [0.3, 0.4) is 0 Å². The standard InChI is InChI=1S/C22H27NO3/c1-16-20-21(26-22(2,3)25-20)19(14-17-10-6-4-7-11-17)23(16,24)15-18-12-8-5-9-13-18/h4-13,16,19-21H,14-15H2,1-3H3/t16-,19+,20+,21-,23?/m0/s1. The van der Waals surface area contributed by atoms with Gasteiger partial charge in [-0.15, -0.1) is 0 Å². The molecule has 2 heterocycles. The van der Waals surface area contributed by atoms with Crippen molar-refractivity contribution in [1.82, 2.24) is 0 Å². The quantitative estimate of drug-likeness (QED) is 0.615. The lowest BCUT2D eigenvalue weighted by Gasteiger charge is -2.49. The normalized spacial score (nSPS) is 35.4. The van der Waals surface area contributed by atoms with Crippen molar-refractivity contribution in [2.45, 2.75) is 63.8 Å². The first kappa shape index (κ1) is 17.7. The summed E-state index contributed by atoms with van der Waals surface area (Å²) in [6.45, 7) is 6.34. The third-order valence-electron chi connectivity index (χ3n) is 5.83. The Kier molecular flexibility index (Phi) is 4.40. The summed E-state index contributed by atoms with van der Waals surface area (Å²) in [6.07, 6.45) is 0.351. The first-order valence-corrected chi connectivity index (χ1v) is 9.41. The van der Waals surface area contributed by atoms with E-state index < -0.39 is 5.79 Å². The second kappa shape index (κ2) is 6.46. The molecule has 2 aromatic carbocycles. The van der Waals surface area contributed by atoms with Gasteiger partial charge in [-0.2, -0.15) is 0 Å². The molecule has 2 aromatic rings. The molecule has 26 heavy (non-hydrogen) atoms. The van der Waals surface area contributed by atoms with Crippen LogP contribution in [-0.2, 0) is 22.4 Å². The van der Waals surface area contributed by atoms with Crippen molar-refractivity contribution in [3.05, 3.63) is 77.0 Å². The van der Waals surface area contributed by atoms with Gasteiger partial charge in [-0.25, -0.2) is 0 Å². The van der Waals surface area contributed by atoms with Gasteiger partial charge >= 0.3 is 0 Å². The van der Waals surface area contributed by atoms with Crippen LogP contribution in [0.25, 0.3) is 0 Å². The molecule has 5 atom stereocenters. The molecule has 0 spiro atoms. The number of quaternary nitrogens is 1. The Morgan fingerprint density at radius 1 is 0.885 bits per heavy atom. The molecule has 4 nitrogen and oxygen atoms in total. The van der Waals surface area contributed by atoms with Crippen molar-refractivity contribution in [2.24, 2.45) is 0 Å². The molecular weight excluding hydrogens is 326 g/mol. The molecule has 2 saturated heterocycles. The van der Waals surface area contributed by atoms with E-state index in [9.17, 15) is 5.21 Å². The fourth-order valence-electron chi connectivity index (χ4n) is 4.54. The number of benzene rings is 2. The smallest absolute Gasteiger partial charge is 0.164 e. The molecule has 0 amide bonds. The molecular formula is C22H27NO3. The van der Waals surface area contributed by atoms with Gasteiger partial charge in [0, 0.05) is 12.0 Å². The van der Waals surface area contributed by atoms with Crippen LogP contribution in [0, 0.1) is 5.21 Å². The van der Waals surface area contributed by atoms with Gasteiger partial charge in [0.2, 0.25) is 0 Å². The predicted octanol–water partition coefficient (Wildman–Crippen LogP) is 4.03. The summed E-state index contributed by atoms with van der Waals surface area (Å²) in [5.41, 5.74) is 2.23. The average Bonchev–Trinajstić information content (AvgIpc) is 3.03. The fourth-order valence-corrected chi connectivity index (χ4v) is 4.54. The van der Waals surface area contributed by atoms with Crippen LogP contribution in [0.4, 0.5) is 0 Å². The van der Waals surface area contributed by atoms with Crippen LogP contribution in [-0.4, -0.2) is 34.7 Å². The Hall–Kier alpha value is -1.72. The van der Waals surface area contributed by atoms with E-state index in [1.165, 1.54) is 5.56 Å². The highest BCUT2D eigenvalue weighted by Crippen LogP contribution is 2.46. The summed E-state index contributed by atoms with van der Waals surface area (Å²) in [6, 6.07) is 19.9. The van der Waals surface area contributed by atoms with Crippen molar-refractivity contribution in [2.75, 3.05) is 0 Å². The fraction of sp³-hybridized carbons (Fsp3) is 0.455. The Balaban J connectivity index is 1.68. The average molecular weight is 353 g/mol. The molecule has 0 bridgehead atoms. The van der Waals surface area contributed by atoms with Gasteiger partial charge in [-0.3, -0.25) is 0 Å². The molecule has 4 rings (SSSR count). The zero-order chi connectivity index (χ0) is 18.4. The van der Waals surface area contributed by atoms with E-state index >= 15 is 0 Å². The summed E-state index contributed by atoms with van der Waals surface area (Å²) >= 11 is 0. The number of fused-ring (bicyclic) bond motifs is 1. The number of hydrogen-bond acceptors (Lipinski definition) is 3. The Labute approximate surface area is 155 Å². The minimum atomic E-state index is -0.628. The van der Waals surface area contributed by atoms with Gasteiger partial charge in [0.25, 0.3) is 0 Å². The second-order valence-corrected chi connectivity index (χ2v) is 8.06. The summed E-state index contributed by atoms with van der Waals surface area (Å²) in [5, 5.41) is 14.1. The van der Waals surface area contributed by atoms with Crippen molar-refractivity contribution >= 4 is 0 Å². The van der Waals surface area contributed by atoms with E-state index in [0.29, 0.717) is 13.0 Å². The molecule has 0 saturated carbocycles. The largest absolute Gasteiger partial charge is 0.632 e. The molecule has 2 aliphatic heterocycles. The molecule has 138 valence electrons. The summed E-state index contributed by atoms with van der Waals surface area (Å²) in [5.74, 6) is -0.628. The minimum absolute atomic E-state index is 0.167. The van der Waals surface area contributed by atoms with Crippen molar-refractivity contribution in [3.63, 3.8) is 0 Å². The molecule has 1 unspecified atom stereocenters. The Morgan fingerprint density at radius 2 is 1.42 bits per heavy atom. The highest BCUT2D eigenvalue weighted by atomic mass is 16.8. The molecule has 2 aliphatic rings. The number of rotatable bonds is 4. The third-order valence-corrected chi connectivity index (χ3v) is 5.83. The first-order chi connectivity index (χ1) is 12.4. The third kappa shape index (κ3) is 3.08. The second-order valence-electron chi connectivity index (χ2n) is 8.06. The lowest BCUT2D eigenvalue weighted by Crippen LogP contribution is -2.55. The van der Waals surface area contributed by atoms with Gasteiger partial charge in [-0.05, 0) is 26.3 Å². The van der Waals surface area contributed by atoms with Gasteiger partial charge in [0.1, 0.15) is 30.8 Å². The molecule has 2 fully saturated rings. The van der Waals surface area contributed by atoms with Crippen LogP contribution in [0.2, 0.25) is 0 Å². The molecule has 0 aromatic heterocycles.